The Morgan fingerprint density at radius 3 is 2.54 bits per heavy atom. The van der Waals surface area contributed by atoms with E-state index < -0.39 is 0 Å². The van der Waals surface area contributed by atoms with Gasteiger partial charge in [-0.25, -0.2) is 4.79 Å². The van der Waals surface area contributed by atoms with Crippen molar-refractivity contribution >= 4 is 43.8 Å². The number of likely N-dealkylation sites (tertiary alicyclic amines) is 1. The van der Waals surface area contributed by atoms with Gasteiger partial charge in [-0.05, 0) is 65.1 Å². The average molecular weight is 436 g/mol. The summed E-state index contributed by atoms with van der Waals surface area (Å²) < 4.78 is 6.49. The molecule has 1 N–H and O–H groups in total. The van der Waals surface area contributed by atoms with Crippen molar-refractivity contribution in [2.75, 3.05) is 13.1 Å². The lowest BCUT2D eigenvalue weighted by atomic mass is 10.0. The zero-order valence-corrected chi connectivity index (χ0v) is 16.7. The molecule has 0 atom stereocenters. The van der Waals surface area contributed by atoms with E-state index in [-0.39, 0.29) is 12.1 Å². The molecule has 0 bridgehead atoms. The first kappa shape index (κ1) is 17.3. The molecule has 4 aromatic rings. The highest BCUT2D eigenvalue weighted by atomic mass is 79.9. The Hall–Kier alpha value is -2.86. The predicted molar refractivity (Wildman–Crippen MR) is 114 cm³/mol. The van der Waals surface area contributed by atoms with Crippen molar-refractivity contribution in [2.45, 2.75) is 12.8 Å². The van der Waals surface area contributed by atoms with Crippen LogP contribution in [-0.4, -0.2) is 34.1 Å². The van der Waals surface area contributed by atoms with Crippen LogP contribution < -0.4 is 4.74 Å². The summed E-state index contributed by atoms with van der Waals surface area (Å²) >= 11 is 3.51. The van der Waals surface area contributed by atoms with E-state index in [1.807, 2.05) is 24.3 Å². The van der Waals surface area contributed by atoms with Gasteiger partial charge >= 0.3 is 12.1 Å². The van der Waals surface area contributed by atoms with Gasteiger partial charge in [0.05, 0.1) is 11.0 Å². The van der Waals surface area contributed by atoms with Gasteiger partial charge in [0.25, 0.3) is 0 Å². The Balaban J connectivity index is 1.44. The summed E-state index contributed by atoms with van der Waals surface area (Å²) in [4.78, 5) is 21.4. The van der Waals surface area contributed by atoms with E-state index in [1.165, 1.54) is 10.8 Å². The van der Waals surface area contributed by atoms with Crippen LogP contribution in [0.1, 0.15) is 12.8 Å². The molecule has 6 heteroatoms. The van der Waals surface area contributed by atoms with Gasteiger partial charge in [0.15, 0.2) is 0 Å². The van der Waals surface area contributed by atoms with Crippen molar-refractivity contribution in [1.29, 1.82) is 0 Å². The number of amides is 1. The molecular formula is C22H18BrN3O2. The molecule has 3 aromatic carbocycles. The number of hydrogen-bond donors (Lipinski definition) is 1. The summed E-state index contributed by atoms with van der Waals surface area (Å²) in [5, 5.41) is 2.38. The minimum absolute atomic E-state index is 0.243. The maximum absolute atomic E-state index is 12.2. The van der Waals surface area contributed by atoms with Crippen molar-refractivity contribution in [3.05, 3.63) is 59.1 Å². The minimum atomic E-state index is -0.336. The van der Waals surface area contributed by atoms with Gasteiger partial charge in [0.2, 0.25) is 0 Å². The van der Waals surface area contributed by atoms with E-state index in [4.69, 9.17) is 4.74 Å². The van der Waals surface area contributed by atoms with E-state index in [2.05, 4.69) is 56.2 Å². The number of ether oxygens (including phenoxy) is 1. The summed E-state index contributed by atoms with van der Waals surface area (Å²) in [7, 11) is 0. The standard InChI is InChI=1S/C22H18BrN3O2/c23-18-7-5-15-11-14(3-4-16(15)12-18)17-6-8-19-20(13-17)25-21(24-19)28-22(27)26-9-1-2-10-26/h3-8,11-13H,1-2,9-10H2,(H,24,25). The van der Waals surface area contributed by atoms with Gasteiger partial charge in [0, 0.05) is 17.6 Å². The van der Waals surface area contributed by atoms with Crippen LogP contribution in [0.2, 0.25) is 0 Å². The van der Waals surface area contributed by atoms with E-state index in [9.17, 15) is 4.79 Å². The number of H-pyrrole nitrogens is 1. The topological polar surface area (TPSA) is 58.2 Å². The number of carbonyl (C=O) groups is 1. The average Bonchev–Trinajstić information content (AvgIpc) is 3.36. The molecule has 1 aromatic heterocycles. The summed E-state index contributed by atoms with van der Waals surface area (Å²) in [5.41, 5.74) is 3.83. The highest BCUT2D eigenvalue weighted by Gasteiger charge is 2.21. The van der Waals surface area contributed by atoms with Crippen LogP contribution >= 0.6 is 15.9 Å². The predicted octanol–water partition coefficient (Wildman–Crippen LogP) is 5.74. The van der Waals surface area contributed by atoms with Crippen LogP contribution in [0.25, 0.3) is 32.9 Å². The molecule has 1 aliphatic rings. The third-order valence-corrected chi connectivity index (χ3v) is 5.64. The maximum Gasteiger partial charge on any atom is 0.417 e. The number of rotatable bonds is 2. The first-order valence-corrected chi connectivity index (χ1v) is 10.1. The fourth-order valence-corrected chi connectivity index (χ4v) is 4.04. The number of fused-ring (bicyclic) bond motifs is 2. The molecular weight excluding hydrogens is 418 g/mol. The molecule has 1 saturated heterocycles. The zero-order valence-electron chi connectivity index (χ0n) is 15.1. The lowest BCUT2D eigenvalue weighted by Gasteiger charge is -2.12. The van der Waals surface area contributed by atoms with Crippen LogP contribution in [-0.2, 0) is 0 Å². The molecule has 0 spiro atoms. The summed E-state index contributed by atoms with van der Waals surface area (Å²) in [6.07, 6.45) is 1.72. The quantitative estimate of drug-likeness (QED) is 0.436. The van der Waals surface area contributed by atoms with E-state index in [0.717, 1.165) is 52.6 Å². The number of benzene rings is 3. The summed E-state index contributed by atoms with van der Waals surface area (Å²) in [6, 6.07) is 18.9. The third kappa shape index (κ3) is 3.24. The van der Waals surface area contributed by atoms with Crippen LogP contribution in [0.3, 0.4) is 0 Å². The molecule has 2 heterocycles. The zero-order chi connectivity index (χ0) is 19.1. The Kier molecular flexibility index (Phi) is 4.28. The van der Waals surface area contributed by atoms with E-state index >= 15 is 0 Å². The van der Waals surface area contributed by atoms with Crippen LogP contribution in [0.5, 0.6) is 6.01 Å². The second kappa shape index (κ2) is 6.95. The van der Waals surface area contributed by atoms with Gasteiger partial charge in [-0.3, -0.25) is 0 Å². The Morgan fingerprint density at radius 2 is 1.68 bits per heavy atom. The fraction of sp³-hybridized carbons (Fsp3) is 0.182. The highest BCUT2D eigenvalue weighted by molar-refractivity contribution is 9.10. The lowest BCUT2D eigenvalue weighted by molar-refractivity contribution is 0.159. The minimum Gasteiger partial charge on any atom is -0.375 e. The molecule has 1 fully saturated rings. The molecule has 0 saturated carbocycles. The molecule has 0 radical (unpaired) electrons. The molecule has 0 aliphatic carbocycles. The van der Waals surface area contributed by atoms with Gasteiger partial charge in [-0.15, -0.1) is 0 Å². The van der Waals surface area contributed by atoms with Crippen molar-refractivity contribution in [2.24, 2.45) is 0 Å². The number of hydrogen-bond acceptors (Lipinski definition) is 3. The first-order chi connectivity index (χ1) is 13.7. The fourth-order valence-electron chi connectivity index (χ4n) is 3.66. The van der Waals surface area contributed by atoms with Crippen LogP contribution in [0.4, 0.5) is 4.79 Å². The van der Waals surface area contributed by atoms with Crippen molar-refractivity contribution in [3.8, 4) is 17.1 Å². The number of aromatic nitrogens is 2. The lowest BCUT2D eigenvalue weighted by Crippen LogP contribution is -2.30. The van der Waals surface area contributed by atoms with Gasteiger partial charge < -0.3 is 14.6 Å². The monoisotopic (exact) mass is 435 g/mol. The highest BCUT2D eigenvalue weighted by Crippen LogP contribution is 2.29. The smallest absolute Gasteiger partial charge is 0.375 e. The number of imidazole rings is 1. The molecule has 5 rings (SSSR count). The van der Waals surface area contributed by atoms with E-state index in [1.54, 1.807) is 4.90 Å². The molecule has 5 nitrogen and oxygen atoms in total. The third-order valence-electron chi connectivity index (χ3n) is 5.14. The molecule has 0 unspecified atom stereocenters. The first-order valence-electron chi connectivity index (χ1n) is 9.32. The Morgan fingerprint density at radius 1 is 0.964 bits per heavy atom. The molecule has 28 heavy (non-hydrogen) atoms. The maximum atomic E-state index is 12.2. The molecule has 140 valence electrons. The van der Waals surface area contributed by atoms with Gasteiger partial charge in [-0.2, -0.15) is 4.98 Å². The van der Waals surface area contributed by atoms with Gasteiger partial charge in [0.1, 0.15) is 0 Å². The van der Waals surface area contributed by atoms with Crippen molar-refractivity contribution < 1.29 is 9.53 Å². The van der Waals surface area contributed by atoms with E-state index in [0.29, 0.717) is 0 Å². The van der Waals surface area contributed by atoms with Crippen molar-refractivity contribution in [3.63, 3.8) is 0 Å². The summed E-state index contributed by atoms with van der Waals surface area (Å²) in [6.45, 7) is 1.50. The summed E-state index contributed by atoms with van der Waals surface area (Å²) in [5.74, 6) is 0. The second-order valence-electron chi connectivity index (χ2n) is 7.04. The normalized spacial score (nSPS) is 14.1. The van der Waals surface area contributed by atoms with Crippen molar-refractivity contribution in [1.82, 2.24) is 14.9 Å². The molecule has 1 amide bonds. The SMILES string of the molecule is O=C(Oc1nc2ccc(-c3ccc4cc(Br)ccc4c3)cc2[nH]1)N1CCCC1. The Labute approximate surface area is 170 Å². The second-order valence-corrected chi connectivity index (χ2v) is 7.96. The largest absolute Gasteiger partial charge is 0.417 e. The Bertz CT molecular complexity index is 1200. The van der Waals surface area contributed by atoms with Crippen LogP contribution in [0.15, 0.2) is 59.1 Å². The number of carbonyl (C=O) groups excluding carboxylic acids is 1. The number of aromatic amines is 1. The number of nitrogens with zero attached hydrogens (tertiary/aromatic N) is 2. The molecule has 1 aliphatic heterocycles. The van der Waals surface area contributed by atoms with Crippen LogP contribution in [0, 0.1) is 0 Å². The number of halogens is 1. The van der Waals surface area contributed by atoms with Gasteiger partial charge in [-0.1, -0.05) is 40.2 Å². The number of nitrogens with one attached hydrogen (secondary N) is 1.